The molecule has 2 unspecified atom stereocenters. The van der Waals surface area contributed by atoms with Gasteiger partial charge in [0.15, 0.2) is 0 Å². The molecule has 0 saturated heterocycles. The maximum absolute atomic E-state index is 9.56. The fourth-order valence-corrected chi connectivity index (χ4v) is 6.40. The van der Waals surface area contributed by atoms with Crippen LogP contribution >= 0.6 is 11.8 Å². The maximum atomic E-state index is 9.56. The van der Waals surface area contributed by atoms with Gasteiger partial charge in [0.25, 0.3) is 0 Å². The second kappa shape index (κ2) is 5.01. The van der Waals surface area contributed by atoms with Gasteiger partial charge in [-0.15, -0.1) is 0 Å². The van der Waals surface area contributed by atoms with Crippen molar-refractivity contribution in [3.63, 3.8) is 0 Å². The van der Waals surface area contributed by atoms with Crippen LogP contribution in [0.5, 0.6) is 0 Å². The molecule has 4 aliphatic rings. The Morgan fingerprint density at radius 3 is 2.00 bits per heavy atom. The van der Waals surface area contributed by atoms with Crippen molar-refractivity contribution in [3.05, 3.63) is 0 Å². The van der Waals surface area contributed by atoms with E-state index in [4.69, 9.17) is 0 Å². The van der Waals surface area contributed by atoms with Crippen LogP contribution in [0.3, 0.4) is 0 Å². The zero-order chi connectivity index (χ0) is 12.8. The first-order chi connectivity index (χ1) is 8.56. The van der Waals surface area contributed by atoms with Crippen LogP contribution < -0.4 is 0 Å². The summed E-state index contributed by atoms with van der Waals surface area (Å²) >= 11 is 1.98. The van der Waals surface area contributed by atoms with Crippen LogP contribution in [-0.2, 0) is 0 Å². The highest BCUT2D eigenvalue weighted by Gasteiger charge is 2.50. The highest BCUT2D eigenvalue weighted by atomic mass is 32.2. The summed E-state index contributed by atoms with van der Waals surface area (Å²) < 4.78 is 0. The predicted molar refractivity (Wildman–Crippen MR) is 78.8 cm³/mol. The van der Waals surface area contributed by atoms with Crippen LogP contribution in [0, 0.1) is 23.2 Å². The van der Waals surface area contributed by atoms with Gasteiger partial charge >= 0.3 is 0 Å². The van der Waals surface area contributed by atoms with Gasteiger partial charge in [-0.1, -0.05) is 6.92 Å². The van der Waals surface area contributed by atoms with E-state index in [1.165, 1.54) is 31.4 Å². The van der Waals surface area contributed by atoms with E-state index in [1.807, 2.05) is 18.7 Å². The summed E-state index contributed by atoms with van der Waals surface area (Å²) in [7, 11) is 0. The molecule has 0 aromatic rings. The molecule has 0 aliphatic heterocycles. The summed E-state index contributed by atoms with van der Waals surface area (Å²) in [5.74, 6) is 4.50. The summed E-state index contributed by atoms with van der Waals surface area (Å²) in [4.78, 5) is 0. The minimum absolute atomic E-state index is 0.161. The molecule has 1 nitrogen and oxygen atoms in total. The standard InChI is InChI=1S/C16H28OS/c1-11(17)12(2)18-4-3-16-8-13-5-14(9-16)7-15(6-13)10-16/h11-15,17H,3-10H2,1-2H3. The monoisotopic (exact) mass is 268 g/mol. The first-order valence-corrected chi connectivity index (χ1v) is 8.91. The lowest BCUT2D eigenvalue weighted by molar-refractivity contribution is -0.0538. The highest BCUT2D eigenvalue weighted by molar-refractivity contribution is 7.99. The molecule has 4 bridgehead atoms. The molecule has 0 aromatic heterocycles. The van der Waals surface area contributed by atoms with Crippen LogP contribution in [0.1, 0.15) is 58.8 Å². The maximum Gasteiger partial charge on any atom is 0.0627 e. The number of aliphatic hydroxyl groups is 1. The van der Waals surface area contributed by atoms with Crippen LogP contribution in [0.15, 0.2) is 0 Å². The molecule has 18 heavy (non-hydrogen) atoms. The molecular formula is C16H28OS. The van der Waals surface area contributed by atoms with Crippen molar-refractivity contribution in [2.24, 2.45) is 23.2 Å². The predicted octanol–water partition coefficient (Wildman–Crippen LogP) is 4.10. The fourth-order valence-electron chi connectivity index (χ4n) is 5.20. The molecule has 104 valence electrons. The zero-order valence-electron chi connectivity index (χ0n) is 11.9. The van der Waals surface area contributed by atoms with Crippen molar-refractivity contribution in [2.45, 2.75) is 70.1 Å². The summed E-state index contributed by atoms with van der Waals surface area (Å²) in [5, 5.41) is 9.96. The molecule has 0 spiro atoms. The van der Waals surface area contributed by atoms with Gasteiger partial charge in [-0.2, -0.15) is 11.8 Å². The van der Waals surface area contributed by atoms with Gasteiger partial charge in [0.1, 0.15) is 0 Å². The minimum atomic E-state index is -0.161. The molecule has 0 aromatic carbocycles. The third-order valence-corrected chi connectivity index (χ3v) is 7.22. The van der Waals surface area contributed by atoms with E-state index in [0.29, 0.717) is 5.25 Å². The lowest BCUT2D eigenvalue weighted by Gasteiger charge is -2.57. The zero-order valence-corrected chi connectivity index (χ0v) is 12.7. The van der Waals surface area contributed by atoms with Crippen molar-refractivity contribution in [3.8, 4) is 0 Å². The Labute approximate surface area is 116 Å². The molecule has 0 amide bonds. The largest absolute Gasteiger partial charge is 0.392 e. The van der Waals surface area contributed by atoms with Crippen LogP contribution in [0.2, 0.25) is 0 Å². The van der Waals surface area contributed by atoms with Gasteiger partial charge in [0.05, 0.1) is 6.10 Å². The summed E-state index contributed by atoms with van der Waals surface area (Å²) in [6, 6.07) is 0. The van der Waals surface area contributed by atoms with Gasteiger partial charge in [-0.25, -0.2) is 0 Å². The number of rotatable bonds is 5. The van der Waals surface area contributed by atoms with E-state index in [2.05, 4.69) is 6.92 Å². The average molecular weight is 268 g/mol. The third-order valence-electron chi connectivity index (χ3n) is 5.86. The molecular weight excluding hydrogens is 240 g/mol. The number of thioether (sulfide) groups is 1. The number of hydrogen-bond donors (Lipinski definition) is 1. The lowest BCUT2D eigenvalue weighted by Crippen LogP contribution is -2.46. The lowest BCUT2D eigenvalue weighted by atomic mass is 9.49. The summed E-state index contributed by atoms with van der Waals surface area (Å²) in [5.41, 5.74) is 0.722. The van der Waals surface area contributed by atoms with Crippen LogP contribution in [0.4, 0.5) is 0 Å². The van der Waals surface area contributed by atoms with Gasteiger partial charge in [0, 0.05) is 5.25 Å². The van der Waals surface area contributed by atoms with Crippen molar-refractivity contribution >= 4 is 11.8 Å². The van der Waals surface area contributed by atoms with E-state index in [0.717, 1.165) is 23.2 Å². The van der Waals surface area contributed by atoms with Gasteiger partial charge in [0.2, 0.25) is 0 Å². The van der Waals surface area contributed by atoms with E-state index in [9.17, 15) is 5.11 Å². The first-order valence-electron chi connectivity index (χ1n) is 7.86. The first kappa shape index (κ1) is 13.3. The van der Waals surface area contributed by atoms with Gasteiger partial charge in [-0.3, -0.25) is 0 Å². The third kappa shape index (κ3) is 2.60. The second-order valence-corrected chi connectivity index (χ2v) is 8.97. The topological polar surface area (TPSA) is 20.2 Å². The van der Waals surface area contributed by atoms with Crippen LogP contribution in [-0.4, -0.2) is 22.2 Å². The normalized spacial score (nSPS) is 45.2. The van der Waals surface area contributed by atoms with Crippen molar-refractivity contribution < 1.29 is 5.11 Å². The molecule has 1 N–H and O–H groups in total. The average Bonchev–Trinajstić information content (AvgIpc) is 2.26. The summed E-state index contributed by atoms with van der Waals surface area (Å²) in [6.07, 6.45) is 10.5. The molecule has 2 heteroatoms. The van der Waals surface area contributed by atoms with Gasteiger partial charge < -0.3 is 5.11 Å². The van der Waals surface area contributed by atoms with E-state index in [-0.39, 0.29) is 6.10 Å². The van der Waals surface area contributed by atoms with Crippen molar-refractivity contribution in [1.82, 2.24) is 0 Å². The molecule has 2 atom stereocenters. The number of aliphatic hydroxyl groups excluding tert-OH is 1. The van der Waals surface area contributed by atoms with E-state index < -0.39 is 0 Å². The number of hydrogen-bond acceptors (Lipinski definition) is 2. The molecule has 0 radical (unpaired) electrons. The molecule has 0 heterocycles. The second-order valence-electron chi connectivity index (χ2n) is 7.48. The summed E-state index contributed by atoms with van der Waals surface area (Å²) in [6.45, 7) is 4.08. The van der Waals surface area contributed by atoms with E-state index in [1.54, 1.807) is 19.3 Å². The van der Waals surface area contributed by atoms with Crippen LogP contribution in [0.25, 0.3) is 0 Å². The smallest absolute Gasteiger partial charge is 0.0627 e. The molecule has 4 fully saturated rings. The Morgan fingerprint density at radius 1 is 1.06 bits per heavy atom. The Morgan fingerprint density at radius 2 is 1.56 bits per heavy atom. The van der Waals surface area contributed by atoms with Gasteiger partial charge in [-0.05, 0) is 80.8 Å². The SMILES string of the molecule is CC(O)C(C)SCCC12CC3CC(CC(C3)C1)C2. The molecule has 4 rings (SSSR count). The highest BCUT2D eigenvalue weighted by Crippen LogP contribution is 2.61. The minimum Gasteiger partial charge on any atom is -0.392 e. The Bertz CT molecular complexity index is 264. The quantitative estimate of drug-likeness (QED) is 0.810. The molecule has 4 aliphatic carbocycles. The van der Waals surface area contributed by atoms with Crippen molar-refractivity contribution in [1.29, 1.82) is 0 Å². The Kier molecular flexibility index (Phi) is 3.70. The Balaban J connectivity index is 1.53. The fraction of sp³-hybridized carbons (Fsp3) is 1.00. The van der Waals surface area contributed by atoms with E-state index >= 15 is 0 Å². The molecule has 4 saturated carbocycles. The Hall–Kier alpha value is 0.310. The van der Waals surface area contributed by atoms with Crippen molar-refractivity contribution in [2.75, 3.05) is 5.75 Å².